The number of aromatic nitrogens is 2. The molecule has 1 rings (SSSR count). The largest absolute Gasteiger partial charge is 0.330 e. The average Bonchev–Trinajstić information content (AvgIpc) is 2.64. The lowest BCUT2D eigenvalue weighted by atomic mass is 10.1. The van der Waals surface area contributed by atoms with Gasteiger partial charge in [0.05, 0.1) is 16.7 Å². The van der Waals surface area contributed by atoms with Crippen LogP contribution in [0.15, 0.2) is 6.20 Å². The molecule has 0 aliphatic heterocycles. The van der Waals surface area contributed by atoms with Crippen LogP contribution in [-0.2, 0) is 22.9 Å². The Morgan fingerprint density at radius 3 is 2.45 bits per heavy atom. The molecule has 0 radical (unpaired) electrons. The second kappa shape index (κ2) is 6.26. The SMILES string of the molecule is Cc1ncc(CNC(C)(C)C)n1CCS(=O)(=O)C(C)C. The summed E-state index contributed by atoms with van der Waals surface area (Å²) >= 11 is 0. The third-order valence-electron chi connectivity index (χ3n) is 3.26. The number of nitrogens with zero attached hydrogens (tertiary/aromatic N) is 2. The first kappa shape index (κ1) is 17.2. The van der Waals surface area contributed by atoms with E-state index in [1.165, 1.54) is 0 Å². The number of aryl methyl sites for hydroxylation is 1. The average molecular weight is 301 g/mol. The van der Waals surface area contributed by atoms with E-state index in [9.17, 15) is 8.42 Å². The first-order chi connectivity index (χ1) is 9.03. The molecule has 0 aromatic carbocycles. The number of rotatable bonds is 6. The van der Waals surface area contributed by atoms with Gasteiger partial charge in [-0.3, -0.25) is 0 Å². The normalized spacial score (nSPS) is 13.2. The van der Waals surface area contributed by atoms with Crippen LogP contribution in [0.3, 0.4) is 0 Å². The van der Waals surface area contributed by atoms with Gasteiger partial charge in [-0.1, -0.05) is 0 Å². The van der Waals surface area contributed by atoms with Crippen LogP contribution in [0.4, 0.5) is 0 Å². The van der Waals surface area contributed by atoms with Gasteiger partial charge in [0.1, 0.15) is 5.82 Å². The van der Waals surface area contributed by atoms with Crippen LogP contribution in [0.5, 0.6) is 0 Å². The molecule has 20 heavy (non-hydrogen) atoms. The zero-order valence-corrected chi connectivity index (χ0v) is 14.2. The summed E-state index contributed by atoms with van der Waals surface area (Å²) in [6.07, 6.45) is 1.82. The van der Waals surface area contributed by atoms with Crippen LogP contribution in [0.1, 0.15) is 46.1 Å². The molecule has 116 valence electrons. The van der Waals surface area contributed by atoms with Crippen LogP contribution in [0, 0.1) is 6.92 Å². The predicted octanol–water partition coefficient (Wildman–Crippen LogP) is 1.90. The van der Waals surface area contributed by atoms with Crippen LogP contribution in [0.2, 0.25) is 0 Å². The highest BCUT2D eigenvalue weighted by Gasteiger charge is 2.18. The number of hydrogen-bond acceptors (Lipinski definition) is 4. The highest BCUT2D eigenvalue weighted by atomic mass is 32.2. The van der Waals surface area contributed by atoms with E-state index in [2.05, 4.69) is 31.1 Å². The molecule has 0 fully saturated rings. The van der Waals surface area contributed by atoms with Gasteiger partial charge in [0.25, 0.3) is 0 Å². The zero-order chi connectivity index (χ0) is 15.6. The van der Waals surface area contributed by atoms with Gasteiger partial charge in [-0.15, -0.1) is 0 Å². The fourth-order valence-electron chi connectivity index (χ4n) is 1.77. The van der Waals surface area contributed by atoms with Gasteiger partial charge < -0.3 is 9.88 Å². The molecule has 0 bridgehead atoms. The van der Waals surface area contributed by atoms with E-state index in [1.807, 2.05) is 17.7 Å². The third-order valence-corrected chi connectivity index (χ3v) is 5.44. The van der Waals surface area contributed by atoms with Crippen molar-refractivity contribution in [1.29, 1.82) is 0 Å². The molecular formula is C14H27N3O2S. The Hall–Kier alpha value is -0.880. The molecule has 1 N–H and O–H groups in total. The van der Waals surface area contributed by atoms with E-state index in [4.69, 9.17) is 0 Å². The monoisotopic (exact) mass is 301 g/mol. The molecule has 1 aromatic rings. The van der Waals surface area contributed by atoms with Crippen LogP contribution >= 0.6 is 0 Å². The lowest BCUT2D eigenvalue weighted by molar-refractivity contribution is 0.415. The van der Waals surface area contributed by atoms with Gasteiger partial charge in [0, 0.05) is 24.8 Å². The summed E-state index contributed by atoms with van der Waals surface area (Å²) in [6.45, 7) is 12.8. The maximum atomic E-state index is 11.9. The summed E-state index contributed by atoms with van der Waals surface area (Å²) in [4.78, 5) is 4.29. The fraction of sp³-hybridized carbons (Fsp3) is 0.786. The third kappa shape index (κ3) is 4.90. The molecule has 0 spiro atoms. The summed E-state index contributed by atoms with van der Waals surface area (Å²) in [7, 11) is -3.02. The molecule has 6 heteroatoms. The first-order valence-electron chi connectivity index (χ1n) is 7.00. The summed E-state index contributed by atoms with van der Waals surface area (Å²) < 4.78 is 25.8. The van der Waals surface area contributed by atoms with Crippen molar-refractivity contribution in [2.75, 3.05) is 5.75 Å². The minimum Gasteiger partial charge on any atom is -0.330 e. The predicted molar refractivity (Wildman–Crippen MR) is 82.5 cm³/mol. The molecule has 1 heterocycles. The standard InChI is InChI=1S/C14H27N3O2S/c1-11(2)20(18,19)8-7-17-12(3)15-9-13(17)10-16-14(4,5)6/h9,11,16H,7-8,10H2,1-6H3. The number of imidazole rings is 1. The molecule has 0 saturated heterocycles. The maximum absolute atomic E-state index is 11.9. The van der Waals surface area contributed by atoms with Crippen LogP contribution < -0.4 is 5.32 Å². The molecule has 0 atom stereocenters. The van der Waals surface area contributed by atoms with E-state index >= 15 is 0 Å². The van der Waals surface area contributed by atoms with E-state index in [1.54, 1.807) is 13.8 Å². The summed E-state index contributed by atoms with van der Waals surface area (Å²) in [5.74, 6) is 1.01. The van der Waals surface area contributed by atoms with Crippen molar-refractivity contribution in [3.05, 3.63) is 17.7 Å². The summed E-state index contributed by atoms with van der Waals surface area (Å²) in [6, 6.07) is 0. The minimum absolute atomic E-state index is 0.0208. The zero-order valence-electron chi connectivity index (χ0n) is 13.4. The van der Waals surface area contributed by atoms with Gasteiger partial charge in [0.15, 0.2) is 9.84 Å². The quantitative estimate of drug-likeness (QED) is 0.871. The molecule has 0 amide bonds. The lowest BCUT2D eigenvalue weighted by Gasteiger charge is -2.21. The topological polar surface area (TPSA) is 64.0 Å². The van der Waals surface area contributed by atoms with Gasteiger partial charge in [-0.05, 0) is 41.5 Å². The Kier molecular flexibility index (Phi) is 5.38. The lowest BCUT2D eigenvalue weighted by Crippen LogP contribution is -2.36. The second-order valence-electron chi connectivity index (χ2n) is 6.47. The summed E-state index contributed by atoms with van der Waals surface area (Å²) in [5, 5.41) is 3.07. The number of nitrogens with one attached hydrogen (secondary N) is 1. The molecule has 1 aromatic heterocycles. The Bertz CT molecular complexity index is 539. The molecule has 5 nitrogen and oxygen atoms in total. The fourth-order valence-corrected chi connectivity index (χ4v) is 2.68. The van der Waals surface area contributed by atoms with Crippen LogP contribution in [0.25, 0.3) is 0 Å². The van der Waals surface area contributed by atoms with Gasteiger partial charge in [0.2, 0.25) is 0 Å². The summed E-state index contributed by atoms with van der Waals surface area (Å²) in [5.41, 5.74) is 1.05. The van der Waals surface area contributed by atoms with Crippen molar-refractivity contribution in [3.63, 3.8) is 0 Å². The Balaban J connectivity index is 2.78. The second-order valence-corrected chi connectivity index (χ2v) is 9.14. The Morgan fingerprint density at radius 2 is 1.95 bits per heavy atom. The van der Waals surface area contributed by atoms with Crippen molar-refractivity contribution >= 4 is 9.84 Å². The highest BCUT2D eigenvalue weighted by molar-refractivity contribution is 7.91. The number of sulfone groups is 1. The smallest absolute Gasteiger partial charge is 0.154 e. The molecular weight excluding hydrogens is 274 g/mol. The Labute approximate surface area is 122 Å². The van der Waals surface area contributed by atoms with Gasteiger partial charge in [-0.2, -0.15) is 0 Å². The van der Waals surface area contributed by atoms with Crippen molar-refractivity contribution < 1.29 is 8.42 Å². The number of hydrogen-bond donors (Lipinski definition) is 1. The van der Waals surface area contributed by atoms with Crippen molar-refractivity contribution in [2.45, 2.75) is 65.4 Å². The van der Waals surface area contributed by atoms with E-state index in [0.717, 1.165) is 11.5 Å². The highest BCUT2D eigenvalue weighted by Crippen LogP contribution is 2.10. The molecule has 0 aliphatic carbocycles. The van der Waals surface area contributed by atoms with E-state index in [-0.39, 0.29) is 16.5 Å². The molecule has 0 aliphatic rings. The Morgan fingerprint density at radius 1 is 1.35 bits per heavy atom. The van der Waals surface area contributed by atoms with Gasteiger partial charge in [-0.25, -0.2) is 13.4 Å². The molecule has 0 unspecified atom stereocenters. The van der Waals surface area contributed by atoms with E-state index in [0.29, 0.717) is 13.1 Å². The minimum atomic E-state index is -3.02. The van der Waals surface area contributed by atoms with E-state index < -0.39 is 9.84 Å². The van der Waals surface area contributed by atoms with Crippen molar-refractivity contribution in [2.24, 2.45) is 0 Å². The van der Waals surface area contributed by atoms with Gasteiger partial charge >= 0.3 is 0 Å². The van der Waals surface area contributed by atoms with Crippen molar-refractivity contribution in [1.82, 2.24) is 14.9 Å². The van der Waals surface area contributed by atoms with Crippen molar-refractivity contribution in [3.8, 4) is 0 Å². The van der Waals surface area contributed by atoms with Crippen LogP contribution in [-0.4, -0.2) is 34.5 Å². The first-order valence-corrected chi connectivity index (χ1v) is 8.72. The molecule has 0 saturated carbocycles. The maximum Gasteiger partial charge on any atom is 0.154 e.